The molecule has 0 aromatic carbocycles. The molecule has 0 bridgehead atoms. The Balaban J connectivity index is 1.31. The zero-order chi connectivity index (χ0) is 18.6. The third-order valence-electron chi connectivity index (χ3n) is 7.31. The van der Waals surface area contributed by atoms with Crippen LogP contribution >= 0.6 is 0 Å². The quantitative estimate of drug-likeness (QED) is 0.805. The molecule has 1 spiro atoms. The van der Waals surface area contributed by atoms with Crippen molar-refractivity contribution in [3.05, 3.63) is 23.3 Å². The van der Waals surface area contributed by atoms with Gasteiger partial charge in [0.1, 0.15) is 0 Å². The summed E-state index contributed by atoms with van der Waals surface area (Å²) in [4.78, 5) is 38.2. The van der Waals surface area contributed by atoms with Crippen molar-refractivity contribution in [2.24, 2.45) is 11.3 Å². The van der Waals surface area contributed by atoms with Crippen LogP contribution in [0.4, 0.5) is 0 Å². The molecular weight excluding hydrogens is 340 g/mol. The molecule has 5 rings (SSSR count). The smallest absolute Gasteiger partial charge is 0.226 e. The number of carbonyl (C=O) groups is 2. The maximum Gasteiger partial charge on any atom is 0.226 e. The van der Waals surface area contributed by atoms with Gasteiger partial charge in [-0.2, -0.15) is 0 Å². The number of piperidine rings is 1. The van der Waals surface area contributed by atoms with Crippen LogP contribution < -0.4 is 0 Å². The highest BCUT2D eigenvalue weighted by molar-refractivity contribution is 5.83. The molecular formula is C21H28N4O2. The summed E-state index contributed by atoms with van der Waals surface area (Å²) in [7, 11) is 0. The molecule has 4 aliphatic rings. The molecule has 0 radical (unpaired) electrons. The zero-order valence-corrected chi connectivity index (χ0v) is 16.1. The number of hydrogen-bond donors (Lipinski definition) is 0. The van der Waals surface area contributed by atoms with Crippen LogP contribution in [0, 0.1) is 11.3 Å². The van der Waals surface area contributed by atoms with Crippen LogP contribution in [0.15, 0.2) is 6.20 Å². The highest BCUT2D eigenvalue weighted by Crippen LogP contribution is 2.66. The predicted octanol–water partition coefficient (Wildman–Crippen LogP) is 2.63. The van der Waals surface area contributed by atoms with Crippen LogP contribution in [0.2, 0.25) is 0 Å². The van der Waals surface area contributed by atoms with Gasteiger partial charge in [0.2, 0.25) is 11.8 Å². The van der Waals surface area contributed by atoms with E-state index >= 15 is 0 Å². The first-order valence-electron chi connectivity index (χ1n) is 10.5. The molecule has 2 aliphatic carbocycles. The van der Waals surface area contributed by atoms with Crippen molar-refractivity contribution >= 4 is 11.8 Å². The number of aromatic nitrogens is 2. The average Bonchev–Trinajstić information content (AvgIpc) is 3.43. The molecule has 2 aliphatic heterocycles. The van der Waals surface area contributed by atoms with E-state index in [1.54, 1.807) is 6.92 Å². The lowest BCUT2D eigenvalue weighted by molar-refractivity contribution is -0.135. The number of carbonyl (C=O) groups excluding carboxylic acids is 2. The molecule has 1 aromatic rings. The number of nitrogens with zero attached hydrogens (tertiary/aromatic N) is 4. The summed E-state index contributed by atoms with van der Waals surface area (Å²) < 4.78 is 0. The Morgan fingerprint density at radius 2 is 2.04 bits per heavy atom. The van der Waals surface area contributed by atoms with Gasteiger partial charge in [-0.1, -0.05) is 6.42 Å². The van der Waals surface area contributed by atoms with Gasteiger partial charge in [0.15, 0.2) is 5.82 Å². The van der Waals surface area contributed by atoms with Gasteiger partial charge in [0.25, 0.3) is 0 Å². The fraction of sp³-hybridized carbons (Fsp3) is 0.714. The molecule has 3 fully saturated rings. The first-order chi connectivity index (χ1) is 13.1. The van der Waals surface area contributed by atoms with Crippen molar-refractivity contribution in [2.75, 3.05) is 13.1 Å². The molecule has 1 saturated heterocycles. The molecule has 2 amide bonds. The van der Waals surface area contributed by atoms with Crippen LogP contribution in [-0.4, -0.2) is 44.7 Å². The third kappa shape index (κ3) is 2.84. The zero-order valence-electron chi connectivity index (χ0n) is 16.1. The second-order valence-electron chi connectivity index (χ2n) is 8.91. The molecule has 6 nitrogen and oxygen atoms in total. The topological polar surface area (TPSA) is 66.4 Å². The van der Waals surface area contributed by atoms with E-state index in [-0.39, 0.29) is 17.9 Å². The standard InChI is InChI=1S/C21H28N4O2/c1-14(26)25-9-3-2-5-18(25)19-22-12-15-13-24(10-6-17(15)23-19)20(27)16-11-21(16)7-4-8-21/h12,16,18H,2-11,13H2,1H3/t16-,18+/m0/s1. The summed E-state index contributed by atoms with van der Waals surface area (Å²) in [6.07, 6.45) is 10.7. The molecule has 144 valence electrons. The minimum Gasteiger partial charge on any atom is -0.338 e. The minimum absolute atomic E-state index is 0.00569. The molecule has 0 unspecified atom stereocenters. The number of hydrogen-bond acceptors (Lipinski definition) is 4. The van der Waals surface area contributed by atoms with Crippen LogP contribution in [0.3, 0.4) is 0 Å². The van der Waals surface area contributed by atoms with Gasteiger partial charge in [-0.05, 0) is 43.9 Å². The van der Waals surface area contributed by atoms with Gasteiger partial charge < -0.3 is 9.80 Å². The lowest BCUT2D eigenvalue weighted by atomic mass is 9.79. The minimum atomic E-state index is 0.00569. The highest BCUT2D eigenvalue weighted by atomic mass is 16.2. The fourth-order valence-corrected chi connectivity index (χ4v) is 5.36. The lowest BCUT2D eigenvalue weighted by Gasteiger charge is -2.35. The molecule has 2 atom stereocenters. The Morgan fingerprint density at radius 1 is 1.19 bits per heavy atom. The SMILES string of the molecule is CC(=O)N1CCCC[C@@H]1c1ncc2c(n1)CCN(C(=O)[C@@H]1CC13CCC3)C2. The van der Waals surface area contributed by atoms with Crippen molar-refractivity contribution in [2.45, 2.75) is 70.9 Å². The Hall–Kier alpha value is -1.98. The molecule has 27 heavy (non-hydrogen) atoms. The van der Waals surface area contributed by atoms with E-state index in [4.69, 9.17) is 4.98 Å². The van der Waals surface area contributed by atoms with E-state index in [9.17, 15) is 9.59 Å². The van der Waals surface area contributed by atoms with Crippen molar-refractivity contribution < 1.29 is 9.59 Å². The number of amides is 2. The second kappa shape index (κ2) is 6.28. The van der Waals surface area contributed by atoms with Crippen LogP contribution in [0.1, 0.15) is 75.0 Å². The van der Waals surface area contributed by atoms with Crippen LogP contribution in [-0.2, 0) is 22.6 Å². The Bertz CT molecular complexity index is 788. The van der Waals surface area contributed by atoms with Gasteiger partial charge in [0.05, 0.1) is 11.7 Å². The van der Waals surface area contributed by atoms with Gasteiger partial charge in [0, 0.05) is 50.7 Å². The van der Waals surface area contributed by atoms with Crippen LogP contribution in [0.5, 0.6) is 0 Å². The van der Waals surface area contributed by atoms with E-state index in [2.05, 4.69) is 4.98 Å². The summed E-state index contributed by atoms with van der Waals surface area (Å²) in [5.74, 6) is 1.50. The molecule has 3 heterocycles. The molecule has 2 saturated carbocycles. The first kappa shape index (κ1) is 17.1. The summed E-state index contributed by atoms with van der Waals surface area (Å²) in [6, 6.07) is 0.00569. The normalized spacial score (nSPS) is 28.5. The van der Waals surface area contributed by atoms with Crippen molar-refractivity contribution in [1.82, 2.24) is 19.8 Å². The van der Waals surface area contributed by atoms with Crippen LogP contribution in [0.25, 0.3) is 0 Å². The third-order valence-corrected chi connectivity index (χ3v) is 7.31. The summed E-state index contributed by atoms with van der Waals surface area (Å²) in [5, 5.41) is 0. The van der Waals surface area contributed by atoms with Gasteiger partial charge in [-0.3, -0.25) is 9.59 Å². The Labute approximate surface area is 160 Å². The number of rotatable bonds is 2. The lowest BCUT2D eigenvalue weighted by Crippen LogP contribution is -2.40. The van der Waals surface area contributed by atoms with E-state index in [0.29, 0.717) is 17.9 Å². The average molecular weight is 368 g/mol. The summed E-state index contributed by atoms with van der Waals surface area (Å²) >= 11 is 0. The first-order valence-corrected chi connectivity index (χ1v) is 10.5. The Kier molecular flexibility index (Phi) is 3.99. The van der Waals surface area contributed by atoms with Crippen molar-refractivity contribution in [1.29, 1.82) is 0 Å². The van der Waals surface area contributed by atoms with Crippen molar-refractivity contribution in [3.8, 4) is 0 Å². The maximum absolute atomic E-state index is 12.9. The van der Waals surface area contributed by atoms with E-state index in [1.165, 1.54) is 19.3 Å². The molecule has 6 heteroatoms. The Morgan fingerprint density at radius 3 is 2.74 bits per heavy atom. The fourth-order valence-electron chi connectivity index (χ4n) is 5.36. The van der Waals surface area contributed by atoms with E-state index < -0.39 is 0 Å². The number of fused-ring (bicyclic) bond motifs is 1. The predicted molar refractivity (Wildman–Crippen MR) is 99.5 cm³/mol. The van der Waals surface area contributed by atoms with Gasteiger partial charge in [-0.25, -0.2) is 9.97 Å². The largest absolute Gasteiger partial charge is 0.338 e. The summed E-state index contributed by atoms with van der Waals surface area (Å²) in [6.45, 7) is 3.83. The molecule has 1 aromatic heterocycles. The number of likely N-dealkylation sites (tertiary alicyclic amines) is 1. The van der Waals surface area contributed by atoms with E-state index in [0.717, 1.165) is 62.3 Å². The van der Waals surface area contributed by atoms with Crippen molar-refractivity contribution in [3.63, 3.8) is 0 Å². The monoisotopic (exact) mass is 368 g/mol. The molecule has 0 N–H and O–H groups in total. The van der Waals surface area contributed by atoms with E-state index in [1.807, 2.05) is 16.0 Å². The highest BCUT2D eigenvalue weighted by Gasteiger charge is 2.61. The van der Waals surface area contributed by atoms with Gasteiger partial charge >= 0.3 is 0 Å². The van der Waals surface area contributed by atoms with Gasteiger partial charge in [-0.15, -0.1) is 0 Å². The second-order valence-corrected chi connectivity index (χ2v) is 8.91. The maximum atomic E-state index is 12.9. The summed E-state index contributed by atoms with van der Waals surface area (Å²) in [5.41, 5.74) is 2.52.